The second-order valence-electron chi connectivity index (χ2n) is 4.69. The first-order valence-corrected chi connectivity index (χ1v) is 6.89. The van der Waals surface area contributed by atoms with Crippen LogP contribution in [0, 0.1) is 0 Å². The summed E-state index contributed by atoms with van der Waals surface area (Å²) >= 11 is 5.86. The normalized spacial score (nSPS) is 11.4. The van der Waals surface area contributed by atoms with Crippen molar-refractivity contribution in [2.24, 2.45) is 7.05 Å². The predicted molar refractivity (Wildman–Crippen MR) is 86.9 cm³/mol. The molecule has 1 aromatic heterocycles. The number of hydrogen-bond acceptors (Lipinski definition) is 2. The van der Waals surface area contributed by atoms with Crippen molar-refractivity contribution in [3.8, 4) is 0 Å². The Bertz CT molecular complexity index is 772. The number of carboxylic acids is 1. The summed E-state index contributed by atoms with van der Waals surface area (Å²) in [5.74, 6) is -1.15. The molecule has 0 unspecified atom stereocenters. The molecule has 4 nitrogen and oxygen atoms in total. The summed E-state index contributed by atoms with van der Waals surface area (Å²) in [5.41, 5.74) is 2.06. The van der Waals surface area contributed by atoms with Crippen molar-refractivity contribution in [2.75, 3.05) is 0 Å². The molecule has 2 aromatic rings. The molecule has 1 N–H and O–H groups in total. The molecule has 112 valence electrons. The lowest BCUT2D eigenvalue weighted by atomic mass is 10.1. The number of allylic oxidation sites excluding steroid dienone is 1. The van der Waals surface area contributed by atoms with Gasteiger partial charge in [-0.05, 0) is 42.0 Å². The lowest BCUT2D eigenvalue weighted by molar-refractivity contribution is -0.131. The van der Waals surface area contributed by atoms with Gasteiger partial charge in [0.25, 0.3) is 0 Å². The van der Waals surface area contributed by atoms with Gasteiger partial charge in [0.15, 0.2) is 5.78 Å². The molecular weight excluding hydrogens is 302 g/mol. The number of rotatable bonds is 5. The quantitative estimate of drug-likeness (QED) is 0.676. The number of halogens is 1. The van der Waals surface area contributed by atoms with Crippen LogP contribution < -0.4 is 0 Å². The lowest BCUT2D eigenvalue weighted by Gasteiger charge is -1.95. The maximum Gasteiger partial charge on any atom is 0.328 e. The second kappa shape index (κ2) is 6.91. The van der Waals surface area contributed by atoms with E-state index in [1.807, 2.05) is 6.20 Å². The van der Waals surface area contributed by atoms with Gasteiger partial charge in [-0.2, -0.15) is 0 Å². The van der Waals surface area contributed by atoms with Crippen LogP contribution in [-0.4, -0.2) is 21.4 Å². The summed E-state index contributed by atoms with van der Waals surface area (Å²) in [6, 6.07) is 8.53. The zero-order chi connectivity index (χ0) is 16.1. The Balaban J connectivity index is 2.15. The molecule has 1 heterocycles. The van der Waals surface area contributed by atoms with E-state index in [9.17, 15) is 9.59 Å². The molecule has 0 saturated carbocycles. The lowest BCUT2D eigenvalue weighted by Crippen LogP contribution is -1.93. The van der Waals surface area contributed by atoms with E-state index in [2.05, 4.69) is 0 Å². The van der Waals surface area contributed by atoms with E-state index in [0.29, 0.717) is 10.6 Å². The van der Waals surface area contributed by atoms with Crippen molar-refractivity contribution in [2.45, 2.75) is 0 Å². The molecule has 0 amide bonds. The Kier molecular flexibility index (Phi) is 4.96. The predicted octanol–water partition coefficient (Wildman–Crippen LogP) is 3.67. The van der Waals surface area contributed by atoms with Gasteiger partial charge in [0.2, 0.25) is 0 Å². The van der Waals surface area contributed by atoms with Crippen molar-refractivity contribution in [3.05, 3.63) is 70.5 Å². The van der Waals surface area contributed by atoms with Gasteiger partial charge < -0.3 is 9.67 Å². The number of aliphatic carboxylic acids is 1. The highest BCUT2D eigenvalue weighted by Crippen LogP contribution is 2.14. The van der Waals surface area contributed by atoms with Crippen LogP contribution in [0.4, 0.5) is 0 Å². The summed E-state index contributed by atoms with van der Waals surface area (Å²) in [6.07, 6.45) is 7.52. The van der Waals surface area contributed by atoms with Gasteiger partial charge in [-0.15, -0.1) is 0 Å². The number of carbonyl (C=O) groups is 2. The first kappa shape index (κ1) is 15.8. The van der Waals surface area contributed by atoms with E-state index in [1.54, 1.807) is 48.0 Å². The number of carbonyl (C=O) groups excluding carboxylic acids is 1. The fourth-order valence-electron chi connectivity index (χ4n) is 1.93. The van der Waals surface area contributed by atoms with Gasteiger partial charge >= 0.3 is 5.97 Å². The molecular formula is C17H14ClNO3. The Hall–Kier alpha value is -2.59. The maximum atomic E-state index is 12.0. The third-order valence-corrected chi connectivity index (χ3v) is 3.23. The molecule has 1 aromatic carbocycles. The standard InChI is InChI=1S/C17H14ClNO3/c1-19-11-12(9-15(19)6-8-17(21)22)5-7-16(20)13-3-2-4-14(18)10-13/h2-11H,1H3,(H,21,22)/b7-5+,8-6+. The van der Waals surface area contributed by atoms with Crippen LogP contribution in [0.25, 0.3) is 12.2 Å². The maximum absolute atomic E-state index is 12.0. The average molecular weight is 316 g/mol. The molecule has 0 radical (unpaired) electrons. The van der Waals surface area contributed by atoms with E-state index >= 15 is 0 Å². The summed E-state index contributed by atoms with van der Waals surface area (Å²) in [5, 5.41) is 9.15. The fraction of sp³-hybridized carbons (Fsp3) is 0.0588. The van der Waals surface area contributed by atoms with Gasteiger partial charge in [0.05, 0.1) is 0 Å². The van der Waals surface area contributed by atoms with Crippen LogP contribution in [0.2, 0.25) is 5.02 Å². The van der Waals surface area contributed by atoms with Gasteiger partial charge in [0.1, 0.15) is 0 Å². The molecule has 22 heavy (non-hydrogen) atoms. The van der Waals surface area contributed by atoms with Crippen molar-refractivity contribution >= 4 is 35.5 Å². The van der Waals surface area contributed by atoms with Crippen molar-refractivity contribution in [1.82, 2.24) is 4.57 Å². The molecule has 0 saturated heterocycles. The number of aryl methyl sites for hydroxylation is 1. The molecule has 0 atom stereocenters. The van der Waals surface area contributed by atoms with Crippen molar-refractivity contribution in [3.63, 3.8) is 0 Å². The monoisotopic (exact) mass is 315 g/mol. The van der Waals surface area contributed by atoms with Gasteiger partial charge in [-0.3, -0.25) is 4.79 Å². The summed E-state index contributed by atoms with van der Waals surface area (Å²) in [4.78, 5) is 22.6. The Morgan fingerprint density at radius 3 is 2.64 bits per heavy atom. The number of hydrogen-bond donors (Lipinski definition) is 1. The molecule has 0 aliphatic rings. The van der Waals surface area contributed by atoms with Gasteiger partial charge in [-0.25, -0.2) is 4.79 Å². The average Bonchev–Trinajstić information content (AvgIpc) is 2.83. The molecule has 5 heteroatoms. The molecule has 2 rings (SSSR count). The Morgan fingerprint density at radius 1 is 1.18 bits per heavy atom. The van der Waals surface area contributed by atoms with Crippen LogP contribution >= 0.6 is 11.6 Å². The molecule has 0 fully saturated rings. The third-order valence-electron chi connectivity index (χ3n) is 3.00. The van der Waals surface area contributed by atoms with E-state index in [0.717, 1.165) is 17.3 Å². The summed E-state index contributed by atoms with van der Waals surface area (Å²) in [6.45, 7) is 0. The number of carboxylic acid groups (broad SMARTS) is 1. The van der Waals surface area contributed by atoms with E-state index in [1.165, 1.54) is 12.2 Å². The van der Waals surface area contributed by atoms with Crippen LogP contribution in [0.3, 0.4) is 0 Å². The zero-order valence-electron chi connectivity index (χ0n) is 11.9. The van der Waals surface area contributed by atoms with Crippen LogP contribution in [-0.2, 0) is 11.8 Å². The number of benzene rings is 1. The summed E-state index contributed by atoms with van der Waals surface area (Å²) < 4.78 is 1.78. The highest BCUT2D eigenvalue weighted by atomic mass is 35.5. The molecule has 0 aliphatic heterocycles. The molecule has 0 aliphatic carbocycles. The number of aromatic nitrogens is 1. The first-order chi connectivity index (χ1) is 10.5. The summed E-state index contributed by atoms with van der Waals surface area (Å²) in [7, 11) is 1.80. The highest BCUT2D eigenvalue weighted by molar-refractivity contribution is 6.31. The smallest absolute Gasteiger partial charge is 0.328 e. The minimum absolute atomic E-state index is 0.144. The Morgan fingerprint density at radius 2 is 1.95 bits per heavy atom. The SMILES string of the molecule is Cn1cc(/C=C/C(=O)c2cccc(Cl)c2)cc1/C=C/C(=O)O. The van der Waals surface area contributed by atoms with Crippen LogP contribution in [0.1, 0.15) is 21.6 Å². The van der Waals surface area contributed by atoms with E-state index in [-0.39, 0.29) is 5.78 Å². The third kappa shape index (κ3) is 4.20. The topological polar surface area (TPSA) is 59.3 Å². The minimum Gasteiger partial charge on any atom is -0.478 e. The number of nitrogens with zero attached hydrogens (tertiary/aromatic N) is 1. The van der Waals surface area contributed by atoms with Crippen molar-refractivity contribution < 1.29 is 14.7 Å². The molecule has 0 bridgehead atoms. The highest BCUT2D eigenvalue weighted by Gasteiger charge is 2.03. The zero-order valence-corrected chi connectivity index (χ0v) is 12.6. The largest absolute Gasteiger partial charge is 0.478 e. The number of ketones is 1. The molecule has 0 spiro atoms. The van der Waals surface area contributed by atoms with Gasteiger partial charge in [0, 0.05) is 35.6 Å². The fourth-order valence-corrected chi connectivity index (χ4v) is 2.12. The van der Waals surface area contributed by atoms with E-state index in [4.69, 9.17) is 16.7 Å². The van der Waals surface area contributed by atoms with Gasteiger partial charge in [-0.1, -0.05) is 23.7 Å². The van der Waals surface area contributed by atoms with Crippen LogP contribution in [0.5, 0.6) is 0 Å². The van der Waals surface area contributed by atoms with Crippen LogP contribution in [0.15, 0.2) is 48.7 Å². The Labute approximate surface area is 133 Å². The van der Waals surface area contributed by atoms with Crippen molar-refractivity contribution in [1.29, 1.82) is 0 Å². The first-order valence-electron chi connectivity index (χ1n) is 6.51. The van der Waals surface area contributed by atoms with E-state index < -0.39 is 5.97 Å². The minimum atomic E-state index is -1.01. The second-order valence-corrected chi connectivity index (χ2v) is 5.13.